The molecule has 1 amide bonds. The summed E-state index contributed by atoms with van der Waals surface area (Å²) in [6, 6.07) is 10.1. The van der Waals surface area contributed by atoms with Crippen LogP contribution in [-0.4, -0.2) is 40.7 Å². The summed E-state index contributed by atoms with van der Waals surface area (Å²) in [4.78, 5) is 20.5. The van der Waals surface area contributed by atoms with Crippen LogP contribution in [0.15, 0.2) is 34.9 Å². The molecule has 142 valence electrons. The molecule has 0 N–H and O–H groups in total. The van der Waals surface area contributed by atoms with E-state index in [2.05, 4.69) is 22.3 Å². The third-order valence-electron chi connectivity index (χ3n) is 6.28. The number of carbonyl (C=O) groups is 1. The summed E-state index contributed by atoms with van der Waals surface area (Å²) in [5.74, 6) is 2.07. The molecular weight excluding hydrogens is 342 g/mol. The molecule has 2 saturated heterocycles. The average Bonchev–Trinajstić information content (AvgIpc) is 3.26. The Labute approximate surface area is 158 Å². The normalized spacial score (nSPS) is 24.9. The van der Waals surface area contributed by atoms with Crippen LogP contribution in [-0.2, 0) is 14.9 Å². The molecule has 1 saturated carbocycles. The second-order valence-electron chi connectivity index (χ2n) is 7.98. The number of aromatic nitrogens is 2. The van der Waals surface area contributed by atoms with E-state index in [9.17, 15) is 4.79 Å². The Morgan fingerprint density at radius 3 is 2.63 bits per heavy atom. The van der Waals surface area contributed by atoms with Crippen LogP contribution < -0.4 is 0 Å². The summed E-state index contributed by atoms with van der Waals surface area (Å²) in [6.07, 6.45) is 5.58. The van der Waals surface area contributed by atoms with Crippen LogP contribution in [0.3, 0.4) is 0 Å². The van der Waals surface area contributed by atoms with Crippen molar-refractivity contribution in [3.8, 4) is 0 Å². The van der Waals surface area contributed by atoms with Gasteiger partial charge in [-0.2, -0.15) is 4.98 Å². The molecule has 1 atom stereocenters. The van der Waals surface area contributed by atoms with Crippen molar-refractivity contribution in [3.05, 3.63) is 47.6 Å². The molecule has 3 fully saturated rings. The van der Waals surface area contributed by atoms with Gasteiger partial charge in [-0.15, -0.1) is 0 Å². The minimum atomic E-state index is -0.512. The molecule has 6 nitrogen and oxygen atoms in total. The van der Waals surface area contributed by atoms with Crippen molar-refractivity contribution < 1.29 is 14.1 Å². The zero-order valence-electron chi connectivity index (χ0n) is 15.5. The molecule has 0 radical (unpaired) electrons. The zero-order valence-corrected chi connectivity index (χ0v) is 15.5. The van der Waals surface area contributed by atoms with Gasteiger partial charge in [0.15, 0.2) is 5.82 Å². The topological polar surface area (TPSA) is 68.5 Å². The number of rotatable bonds is 4. The van der Waals surface area contributed by atoms with Crippen LogP contribution in [0.5, 0.6) is 0 Å². The van der Waals surface area contributed by atoms with Crippen molar-refractivity contribution in [2.24, 2.45) is 0 Å². The molecular formula is C21H25N3O3. The van der Waals surface area contributed by atoms with Crippen molar-refractivity contribution in [1.29, 1.82) is 0 Å². The maximum absolute atomic E-state index is 13.8. The maximum atomic E-state index is 13.8. The lowest BCUT2D eigenvalue weighted by atomic mass is 9.73. The molecule has 1 aromatic heterocycles. The van der Waals surface area contributed by atoms with Gasteiger partial charge in [-0.05, 0) is 44.1 Å². The number of benzene rings is 1. The standard InChI is InChI=1S/C21H25N3O3/c25-20(21(10-13-26-14-11-21)16-5-2-1-3-6-16)24-12-4-7-17(24)19-22-18(23-27-19)15-8-9-15/h1-3,5-6,15,17H,4,7-14H2. The Bertz CT molecular complexity index is 809. The van der Waals surface area contributed by atoms with Crippen LogP contribution in [0.25, 0.3) is 0 Å². The van der Waals surface area contributed by atoms with Crippen LogP contribution in [0, 0.1) is 0 Å². The van der Waals surface area contributed by atoms with Gasteiger partial charge in [-0.1, -0.05) is 35.5 Å². The van der Waals surface area contributed by atoms with Gasteiger partial charge in [0.2, 0.25) is 11.8 Å². The van der Waals surface area contributed by atoms with Gasteiger partial charge in [0, 0.05) is 25.7 Å². The van der Waals surface area contributed by atoms with Gasteiger partial charge >= 0.3 is 0 Å². The Hall–Kier alpha value is -2.21. The number of nitrogens with zero attached hydrogens (tertiary/aromatic N) is 3. The maximum Gasteiger partial charge on any atom is 0.249 e. The molecule has 0 bridgehead atoms. The predicted molar refractivity (Wildman–Crippen MR) is 98.1 cm³/mol. The van der Waals surface area contributed by atoms with Gasteiger partial charge in [-0.25, -0.2) is 0 Å². The molecule has 2 aliphatic heterocycles. The Balaban J connectivity index is 1.46. The molecule has 27 heavy (non-hydrogen) atoms. The summed E-state index contributed by atoms with van der Waals surface area (Å²) in [7, 11) is 0. The Morgan fingerprint density at radius 1 is 1.11 bits per heavy atom. The molecule has 3 aliphatic rings. The van der Waals surface area contributed by atoms with E-state index in [0.29, 0.717) is 25.0 Å². The van der Waals surface area contributed by atoms with Gasteiger partial charge < -0.3 is 14.2 Å². The molecule has 2 aromatic rings. The van der Waals surface area contributed by atoms with E-state index in [4.69, 9.17) is 9.26 Å². The lowest BCUT2D eigenvalue weighted by molar-refractivity contribution is -0.142. The molecule has 3 heterocycles. The molecule has 1 unspecified atom stereocenters. The second kappa shape index (κ2) is 6.75. The van der Waals surface area contributed by atoms with E-state index < -0.39 is 5.41 Å². The SMILES string of the molecule is O=C(N1CCCC1c1nc(C2CC2)no1)C1(c2ccccc2)CCOCC1. The first kappa shape index (κ1) is 16.9. The number of likely N-dealkylation sites (tertiary alicyclic amines) is 1. The second-order valence-corrected chi connectivity index (χ2v) is 7.98. The lowest BCUT2D eigenvalue weighted by Gasteiger charge is -2.40. The van der Waals surface area contributed by atoms with Crippen LogP contribution in [0.2, 0.25) is 0 Å². The van der Waals surface area contributed by atoms with Gasteiger partial charge in [0.05, 0.1) is 5.41 Å². The third-order valence-corrected chi connectivity index (χ3v) is 6.28. The molecule has 1 aliphatic carbocycles. The first-order valence-electron chi connectivity index (χ1n) is 10.1. The predicted octanol–water partition coefficient (Wildman–Crippen LogP) is 3.36. The molecule has 1 aromatic carbocycles. The van der Waals surface area contributed by atoms with Crippen molar-refractivity contribution in [2.75, 3.05) is 19.8 Å². The van der Waals surface area contributed by atoms with E-state index in [-0.39, 0.29) is 11.9 Å². The largest absolute Gasteiger partial charge is 0.381 e. The zero-order chi connectivity index (χ0) is 18.3. The highest BCUT2D eigenvalue weighted by atomic mass is 16.5. The van der Waals surface area contributed by atoms with Gasteiger partial charge in [-0.3, -0.25) is 4.79 Å². The number of ether oxygens (including phenoxy) is 1. The number of amides is 1. The number of hydrogen-bond donors (Lipinski definition) is 0. The van der Waals surface area contributed by atoms with E-state index in [1.165, 1.54) is 0 Å². The summed E-state index contributed by atoms with van der Waals surface area (Å²) in [5.41, 5.74) is 0.578. The smallest absolute Gasteiger partial charge is 0.249 e. The fourth-order valence-electron chi connectivity index (χ4n) is 4.53. The third kappa shape index (κ3) is 2.96. The van der Waals surface area contributed by atoms with Gasteiger partial charge in [0.1, 0.15) is 6.04 Å². The van der Waals surface area contributed by atoms with Crippen molar-refractivity contribution in [3.63, 3.8) is 0 Å². The molecule has 6 heteroatoms. The van der Waals surface area contributed by atoms with Crippen LogP contribution in [0.4, 0.5) is 0 Å². The highest BCUT2D eigenvalue weighted by molar-refractivity contribution is 5.89. The minimum Gasteiger partial charge on any atom is -0.381 e. The highest BCUT2D eigenvalue weighted by Crippen LogP contribution is 2.43. The summed E-state index contributed by atoms with van der Waals surface area (Å²) in [6.45, 7) is 1.98. The monoisotopic (exact) mass is 367 g/mol. The molecule has 0 spiro atoms. The summed E-state index contributed by atoms with van der Waals surface area (Å²) < 4.78 is 11.2. The van der Waals surface area contributed by atoms with Gasteiger partial charge in [0.25, 0.3) is 0 Å². The average molecular weight is 367 g/mol. The molecule has 5 rings (SSSR count). The van der Waals surface area contributed by atoms with Crippen molar-refractivity contribution in [1.82, 2.24) is 15.0 Å². The van der Waals surface area contributed by atoms with E-state index in [1.54, 1.807) is 0 Å². The first-order valence-corrected chi connectivity index (χ1v) is 10.1. The Kier molecular flexibility index (Phi) is 4.23. The summed E-state index contributed by atoms with van der Waals surface area (Å²) in [5, 5.41) is 4.16. The van der Waals surface area contributed by atoms with Crippen LogP contribution in [0.1, 0.15) is 67.8 Å². The fraction of sp³-hybridized carbons (Fsp3) is 0.571. The Morgan fingerprint density at radius 2 is 1.89 bits per heavy atom. The van der Waals surface area contributed by atoms with Crippen molar-refractivity contribution in [2.45, 2.75) is 55.9 Å². The van der Waals surface area contributed by atoms with Crippen molar-refractivity contribution >= 4 is 5.91 Å². The van der Waals surface area contributed by atoms with E-state index >= 15 is 0 Å². The number of carbonyl (C=O) groups excluding carboxylic acids is 1. The lowest BCUT2D eigenvalue weighted by Crippen LogP contribution is -2.49. The fourth-order valence-corrected chi connectivity index (χ4v) is 4.53. The quantitative estimate of drug-likeness (QED) is 0.829. The number of hydrogen-bond acceptors (Lipinski definition) is 5. The van der Waals surface area contributed by atoms with E-state index in [0.717, 1.165) is 56.5 Å². The first-order chi connectivity index (χ1) is 13.3. The van der Waals surface area contributed by atoms with Crippen LogP contribution >= 0.6 is 0 Å². The minimum absolute atomic E-state index is 0.0964. The van der Waals surface area contributed by atoms with E-state index in [1.807, 2.05) is 23.1 Å². The highest BCUT2D eigenvalue weighted by Gasteiger charge is 2.47. The summed E-state index contributed by atoms with van der Waals surface area (Å²) >= 11 is 0.